The molecule has 0 unspecified atom stereocenters. The molecule has 8 heteroatoms. The summed E-state index contributed by atoms with van der Waals surface area (Å²) < 4.78 is 0. The molecule has 0 saturated carbocycles. The number of hydrogen-bond acceptors (Lipinski definition) is 4. The summed E-state index contributed by atoms with van der Waals surface area (Å²) >= 11 is 0. The Balaban J connectivity index is -0.000000240. The van der Waals surface area contributed by atoms with Gasteiger partial charge in [-0.05, 0) is 0 Å². The minimum absolute atomic E-state index is 0. The fourth-order valence-corrected chi connectivity index (χ4v) is 0.714. The van der Waals surface area contributed by atoms with Gasteiger partial charge in [-0.3, -0.25) is 9.59 Å². The zero-order valence-electron chi connectivity index (χ0n) is 9.13. The molecule has 78 valence electrons. The zero-order chi connectivity index (χ0) is 10.6. The maximum Gasteiger partial charge on any atom is 2.00 e. The maximum absolute atomic E-state index is 10.3. The Bertz CT molecular complexity index is 241. The van der Waals surface area contributed by atoms with Crippen molar-refractivity contribution in [3.05, 3.63) is 0 Å². The molecule has 7 nitrogen and oxygen atoms in total. The molecule has 0 aromatic heterocycles. The van der Waals surface area contributed by atoms with E-state index in [1.165, 1.54) is 0 Å². The van der Waals surface area contributed by atoms with Crippen LogP contribution in [0.25, 0.3) is 0 Å². The molecule has 0 bridgehead atoms. The second-order valence-corrected chi connectivity index (χ2v) is 2.48. The van der Waals surface area contributed by atoms with Crippen molar-refractivity contribution in [2.24, 2.45) is 0 Å². The molecule has 0 radical (unpaired) electrons. The number of rotatable bonds is 5. The van der Waals surface area contributed by atoms with Gasteiger partial charge in [0.25, 0.3) is 0 Å². The van der Waals surface area contributed by atoms with Crippen molar-refractivity contribution >= 4 is 55.6 Å². The van der Waals surface area contributed by atoms with Crippen molar-refractivity contribution in [1.29, 1.82) is 0 Å². The third-order valence-corrected chi connectivity index (χ3v) is 1.29. The third kappa shape index (κ3) is 5.38. The summed E-state index contributed by atoms with van der Waals surface area (Å²) in [6, 6.07) is 0. The van der Waals surface area contributed by atoms with E-state index in [4.69, 9.17) is 20.4 Å². The van der Waals surface area contributed by atoms with Gasteiger partial charge in [0, 0.05) is 0 Å². The molecule has 0 aromatic rings. The van der Waals surface area contributed by atoms with Crippen LogP contribution in [-0.4, -0.2) is 81.7 Å². The number of hydrogen-bond donors (Lipinski definition) is 4. The average molecular weight is 234 g/mol. The van der Waals surface area contributed by atoms with E-state index in [-0.39, 0.29) is 40.6 Å². The Hall–Kier alpha value is -0.370. The van der Waals surface area contributed by atoms with Crippen molar-refractivity contribution in [3.8, 4) is 0 Å². The zero-order valence-corrected chi connectivity index (χ0v) is 9.34. The predicted molar refractivity (Wildman–Crippen MR) is 45.1 cm³/mol. The molecule has 0 aromatic carbocycles. The minimum atomic E-state index is -2.74. The van der Waals surface area contributed by atoms with Gasteiger partial charge in [0.15, 0.2) is 5.60 Å². The molecular weight excluding hydrogens is 224 g/mol. The minimum Gasteiger partial charge on any atom is -1.00 e. The van der Waals surface area contributed by atoms with E-state index in [1.807, 2.05) is 0 Å². The van der Waals surface area contributed by atoms with Crippen LogP contribution in [0, 0.1) is 0 Å². The molecule has 0 heterocycles. The van der Waals surface area contributed by atoms with Crippen molar-refractivity contribution in [2.45, 2.75) is 18.4 Å². The topological polar surface area (TPSA) is 132 Å². The molecule has 0 aliphatic carbocycles. The molecule has 0 aliphatic heterocycles. The predicted octanol–water partition coefficient (Wildman–Crippen LogP) is -1.40. The van der Waals surface area contributed by atoms with Crippen molar-refractivity contribution < 1.29 is 37.7 Å². The van der Waals surface area contributed by atoms with Gasteiger partial charge in [-0.25, -0.2) is 4.79 Å². The number of carboxylic acid groups (broad SMARTS) is 3. The molecule has 0 amide bonds. The number of aliphatic hydroxyl groups is 1. The van der Waals surface area contributed by atoms with Crippen molar-refractivity contribution in [1.82, 2.24) is 0 Å². The van der Waals surface area contributed by atoms with E-state index >= 15 is 0 Å². The average Bonchev–Trinajstić information content (AvgIpc) is 1.82. The van der Waals surface area contributed by atoms with Crippen molar-refractivity contribution in [3.63, 3.8) is 0 Å². The fourth-order valence-electron chi connectivity index (χ4n) is 0.714. The second-order valence-electron chi connectivity index (χ2n) is 2.48. The quantitative estimate of drug-likeness (QED) is 0.430. The van der Waals surface area contributed by atoms with Crippen LogP contribution in [0.15, 0.2) is 0 Å². The summed E-state index contributed by atoms with van der Waals surface area (Å²) in [5.74, 6) is -5.02. The molecule has 0 rings (SSSR count). The Labute approximate surface area is 111 Å². The van der Waals surface area contributed by atoms with Crippen LogP contribution < -0.4 is 0 Å². The van der Waals surface area contributed by atoms with Gasteiger partial charge in [0.2, 0.25) is 0 Å². The Kier molecular flexibility index (Phi) is 7.09. The third-order valence-electron chi connectivity index (χ3n) is 1.29. The Morgan fingerprint density at radius 1 is 1.00 bits per heavy atom. The van der Waals surface area contributed by atoms with Gasteiger partial charge in [0.1, 0.15) is 0 Å². The summed E-state index contributed by atoms with van der Waals surface area (Å²) in [5.41, 5.74) is -2.74. The van der Waals surface area contributed by atoms with Crippen molar-refractivity contribution in [2.75, 3.05) is 0 Å². The van der Waals surface area contributed by atoms with E-state index in [9.17, 15) is 14.4 Å². The Morgan fingerprint density at radius 2 is 1.29 bits per heavy atom. The molecule has 0 aliphatic rings. The summed E-state index contributed by atoms with van der Waals surface area (Å²) in [6.45, 7) is 0. The monoisotopic (exact) mass is 234 g/mol. The van der Waals surface area contributed by atoms with Crippen LogP contribution in [0.5, 0.6) is 0 Å². The second kappa shape index (κ2) is 6.18. The van der Waals surface area contributed by atoms with Gasteiger partial charge in [-0.1, -0.05) is 0 Å². The van der Waals surface area contributed by atoms with Gasteiger partial charge < -0.3 is 23.3 Å². The van der Waals surface area contributed by atoms with Gasteiger partial charge in [-0.15, -0.1) is 0 Å². The van der Waals surface area contributed by atoms with Crippen LogP contribution >= 0.6 is 0 Å². The van der Waals surface area contributed by atoms with E-state index in [0.29, 0.717) is 0 Å². The van der Waals surface area contributed by atoms with E-state index in [1.54, 1.807) is 0 Å². The molecule has 4 N–H and O–H groups in total. The first kappa shape index (κ1) is 16.1. The van der Waals surface area contributed by atoms with Crippen LogP contribution in [-0.2, 0) is 14.4 Å². The van der Waals surface area contributed by atoms with Crippen LogP contribution in [0.3, 0.4) is 0 Å². The molecule has 14 heavy (non-hydrogen) atoms. The number of carboxylic acids is 3. The van der Waals surface area contributed by atoms with Gasteiger partial charge >= 0.3 is 55.6 Å². The first-order chi connectivity index (χ1) is 5.78. The first-order valence-electron chi connectivity index (χ1n) is 3.17. The summed E-state index contributed by atoms with van der Waals surface area (Å²) in [4.78, 5) is 30.5. The fraction of sp³-hybridized carbons (Fsp3) is 0.500. The largest absolute Gasteiger partial charge is 2.00 e. The molecule has 0 spiro atoms. The summed E-state index contributed by atoms with van der Waals surface area (Å²) in [6.07, 6.45) is -2.29. The number of aliphatic carboxylic acids is 3. The van der Waals surface area contributed by atoms with E-state index < -0.39 is 36.4 Å². The molecular formula is C6H10CaO7. The number of carbonyl (C=O) groups is 3. The standard InChI is InChI=1S/C6H8O7.Ca.2H/c7-3(8)1-6(13,5(11)12)2-4(9)10;;;/h13H,1-2H2,(H,7,8)(H,9,10)(H,11,12);;;/q;+2;2*-1. The van der Waals surface area contributed by atoms with E-state index in [2.05, 4.69) is 0 Å². The van der Waals surface area contributed by atoms with Gasteiger partial charge in [0.05, 0.1) is 12.8 Å². The molecule has 0 atom stereocenters. The van der Waals surface area contributed by atoms with Crippen LogP contribution in [0.4, 0.5) is 0 Å². The smallest absolute Gasteiger partial charge is 1.00 e. The first-order valence-corrected chi connectivity index (χ1v) is 3.17. The van der Waals surface area contributed by atoms with Crippen LogP contribution in [0.1, 0.15) is 15.7 Å². The summed E-state index contributed by atoms with van der Waals surface area (Å²) in [5, 5.41) is 33.8. The van der Waals surface area contributed by atoms with E-state index in [0.717, 1.165) is 0 Å². The Morgan fingerprint density at radius 3 is 1.43 bits per heavy atom. The summed E-state index contributed by atoms with van der Waals surface area (Å²) in [7, 11) is 0. The maximum atomic E-state index is 10.3. The van der Waals surface area contributed by atoms with Gasteiger partial charge in [-0.2, -0.15) is 0 Å². The molecule has 0 saturated heterocycles. The normalized spacial score (nSPS) is 10.1. The van der Waals surface area contributed by atoms with Crippen LogP contribution in [0.2, 0.25) is 0 Å². The molecule has 0 fully saturated rings. The SMILES string of the molecule is O=C(O)CC(O)(CC(=O)O)C(=O)O.[Ca+2].[H-].[H-].